The number of ether oxygens (including phenoxy) is 1. The number of alkyl halides is 2. The molecule has 0 aromatic heterocycles. The molecule has 0 aliphatic carbocycles. The van der Waals surface area contributed by atoms with Crippen LogP contribution in [0.4, 0.5) is 29.3 Å². The topological polar surface area (TPSA) is 53.6 Å². The average Bonchev–Trinajstić information content (AvgIpc) is 2.65. The fourth-order valence-electron chi connectivity index (χ4n) is 3.04. The number of rotatable bonds is 5. The number of nitrogens with zero attached hydrogens (tertiary/aromatic N) is 1. The Kier molecular flexibility index (Phi) is 6.05. The summed E-state index contributed by atoms with van der Waals surface area (Å²) in [5, 5.41) is 5.36. The Hall–Kier alpha value is -2.90. The van der Waals surface area contributed by atoms with Crippen LogP contribution in [0.5, 0.6) is 5.75 Å². The van der Waals surface area contributed by atoms with Gasteiger partial charge in [-0.1, -0.05) is 18.2 Å². The van der Waals surface area contributed by atoms with Crippen molar-refractivity contribution in [1.82, 2.24) is 5.32 Å². The second kappa shape index (κ2) is 8.66. The first-order chi connectivity index (χ1) is 13.0. The zero-order chi connectivity index (χ0) is 19.2. The van der Waals surface area contributed by atoms with Gasteiger partial charge in [0.2, 0.25) is 0 Å². The van der Waals surface area contributed by atoms with Gasteiger partial charge in [0.15, 0.2) is 11.6 Å². The Morgan fingerprint density at radius 3 is 2.44 bits per heavy atom. The molecule has 144 valence electrons. The van der Waals surface area contributed by atoms with Crippen molar-refractivity contribution in [1.29, 1.82) is 0 Å². The summed E-state index contributed by atoms with van der Waals surface area (Å²) >= 11 is 0. The molecule has 3 rings (SSSR count). The summed E-state index contributed by atoms with van der Waals surface area (Å²) in [7, 11) is 0. The summed E-state index contributed by atoms with van der Waals surface area (Å²) in [5.74, 6) is -1.53. The van der Waals surface area contributed by atoms with E-state index in [1.807, 2.05) is 18.2 Å². The number of carbonyl (C=O) groups excluding carboxylic acids is 1. The lowest BCUT2D eigenvalue weighted by atomic mass is 10.0. The van der Waals surface area contributed by atoms with Crippen molar-refractivity contribution in [3.05, 3.63) is 54.3 Å². The summed E-state index contributed by atoms with van der Waals surface area (Å²) < 4.78 is 42.0. The predicted molar refractivity (Wildman–Crippen MR) is 96.9 cm³/mol. The SMILES string of the molecule is O=C(Nc1ccc(OC(F)F)c(F)c1)NC1CCN(c2ccccc2)CC1. The van der Waals surface area contributed by atoms with Crippen molar-refractivity contribution < 1.29 is 22.7 Å². The normalized spacial score (nSPS) is 14.9. The maximum Gasteiger partial charge on any atom is 0.387 e. The highest BCUT2D eigenvalue weighted by molar-refractivity contribution is 5.89. The Morgan fingerprint density at radius 1 is 1.11 bits per heavy atom. The predicted octanol–water partition coefficient (Wildman–Crippen LogP) is 4.22. The molecule has 2 aromatic carbocycles. The maximum absolute atomic E-state index is 13.7. The molecule has 0 atom stereocenters. The van der Waals surface area contributed by atoms with Gasteiger partial charge in [0.05, 0.1) is 0 Å². The highest BCUT2D eigenvalue weighted by Crippen LogP contribution is 2.23. The fourth-order valence-corrected chi connectivity index (χ4v) is 3.04. The molecule has 0 saturated carbocycles. The molecule has 1 aliphatic rings. The summed E-state index contributed by atoms with van der Waals surface area (Å²) in [4.78, 5) is 14.4. The molecule has 2 amide bonds. The van der Waals surface area contributed by atoms with Gasteiger partial charge in [0, 0.05) is 36.6 Å². The van der Waals surface area contributed by atoms with E-state index in [2.05, 4.69) is 32.4 Å². The van der Waals surface area contributed by atoms with E-state index >= 15 is 0 Å². The van der Waals surface area contributed by atoms with Crippen LogP contribution in [0.3, 0.4) is 0 Å². The molecule has 0 radical (unpaired) electrons. The lowest BCUT2D eigenvalue weighted by molar-refractivity contribution is -0.0521. The molecule has 0 unspecified atom stereocenters. The molecule has 0 bridgehead atoms. The molecule has 1 aliphatic heterocycles. The third-order valence-electron chi connectivity index (χ3n) is 4.36. The molecule has 5 nitrogen and oxygen atoms in total. The summed E-state index contributed by atoms with van der Waals surface area (Å²) in [6.07, 6.45) is 1.58. The van der Waals surface area contributed by atoms with Gasteiger partial charge in [-0.05, 0) is 37.1 Å². The minimum Gasteiger partial charge on any atom is -0.432 e. The van der Waals surface area contributed by atoms with Crippen molar-refractivity contribution in [2.75, 3.05) is 23.3 Å². The van der Waals surface area contributed by atoms with Crippen LogP contribution in [0, 0.1) is 5.82 Å². The largest absolute Gasteiger partial charge is 0.432 e. The van der Waals surface area contributed by atoms with Gasteiger partial charge in [-0.3, -0.25) is 0 Å². The van der Waals surface area contributed by atoms with E-state index in [4.69, 9.17) is 0 Å². The van der Waals surface area contributed by atoms with Crippen molar-refractivity contribution >= 4 is 17.4 Å². The number of carbonyl (C=O) groups is 1. The quantitative estimate of drug-likeness (QED) is 0.818. The Morgan fingerprint density at radius 2 is 1.81 bits per heavy atom. The van der Waals surface area contributed by atoms with Gasteiger partial charge in [-0.2, -0.15) is 8.78 Å². The number of urea groups is 1. The molecular formula is C19H20F3N3O2. The highest BCUT2D eigenvalue weighted by Gasteiger charge is 2.21. The average molecular weight is 379 g/mol. The molecule has 1 fully saturated rings. The molecule has 0 spiro atoms. The van der Waals surface area contributed by atoms with Crippen LogP contribution in [0.2, 0.25) is 0 Å². The molecule has 1 saturated heterocycles. The number of para-hydroxylation sites is 1. The number of piperidine rings is 1. The van der Waals surface area contributed by atoms with Crippen LogP contribution in [-0.4, -0.2) is 31.8 Å². The second-order valence-corrected chi connectivity index (χ2v) is 6.22. The zero-order valence-corrected chi connectivity index (χ0v) is 14.5. The number of halogens is 3. The molecule has 27 heavy (non-hydrogen) atoms. The standard InChI is InChI=1S/C19H20F3N3O2/c20-16-12-14(6-7-17(16)27-18(21)22)24-19(26)23-13-8-10-25(11-9-13)15-4-2-1-3-5-15/h1-7,12-13,18H,8-11H2,(H2,23,24,26). The zero-order valence-electron chi connectivity index (χ0n) is 14.5. The van der Waals surface area contributed by atoms with Crippen molar-refractivity contribution in [3.63, 3.8) is 0 Å². The van der Waals surface area contributed by atoms with Gasteiger partial charge in [0.25, 0.3) is 0 Å². The molecule has 1 heterocycles. The van der Waals surface area contributed by atoms with Crippen LogP contribution in [0.1, 0.15) is 12.8 Å². The van der Waals surface area contributed by atoms with Crippen LogP contribution >= 0.6 is 0 Å². The van der Waals surface area contributed by atoms with Crippen LogP contribution in [-0.2, 0) is 0 Å². The lowest BCUT2D eigenvalue weighted by Gasteiger charge is -2.33. The van der Waals surface area contributed by atoms with E-state index in [1.54, 1.807) is 0 Å². The first kappa shape index (κ1) is 18.9. The van der Waals surface area contributed by atoms with E-state index in [1.165, 1.54) is 6.07 Å². The number of hydrogen-bond donors (Lipinski definition) is 2. The van der Waals surface area contributed by atoms with Gasteiger partial charge in [0.1, 0.15) is 0 Å². The number of benzene rings is 2. The first-order valence-electron chi connectivity index (χ1n) is 8.63. The van der Waals surface area contributed by atoms with Crippen LogP contribution in [0.15, 0.2) is 48.5 Å². The Labute approximate surface area is 155 Å². The van der Waals surface area contributed by atoms with E-state index in [9.17, 15) is 18.0 Å². The summed E-state index contributed by atoms with van der Waals surface area (Å²) in [6.45, 7) is -1.46. The smallest absolute Gasteiger partial charge is 0.387 e. The monoisotopic (exact) mass is 379 g/mol. The van der Waals surface area contributed by atoms with Crippen molar-refractivity contribution in [2.24, 2.45) is 0 Å². The first-order valence-corrected chi connectivity index (χ1v) is 8.63. The second-order valence-electron chi connectivity index (χ2n) is 6.22. The van der Waals surface area contributed by atoms with Gasteiger partial charge < -0.3 is 20.3 Å². The van der Waals surface area contributed by atoms with Crippen molar-refractivity contribution in [3.8, 4) is 5.75 Å². The van der Waals surface area contributed by atoms with Crippen LogP contribution in [0.25, 0.3) is 0 Å². The number of anilines is 2. The number of nitrogens with one attached hydrogen (secondary N) is 2. The molecular weight excluding hydrogens is 359 g/mol. The van der Waals surface area contributed by atoms with E-state index in [0.717, 1.165) is 43.8 Å². The number of hydrogen-bond acceptors (Lipinski definition) is 3. The third-order valence-corrected chi connectivity index (χ3v) is 4.36. The molecule has 8 heteroatoms. The van der Waals surface area contributed by atoms with E-state index in [-0.39, 0.29) is 11.7 Å². The van der Waals surface area contributed by atoms with Crippen LogP contribution < -0.4 is 20.3 Å². The third kappa shape index (κ3) is 5.29. The Bertz CT molecular complexity index is 766. The van der Waals surface area contributed by atoms with Gasteiger partial charge in [-0.15, -0.1) is 0 Å². The summed E-state index contributed by atoms with van der Waals surface area (Å²) in [5.41, 5.74) is 1.32. The Balaban J connectivity index is 1.48. The summed E-state index contributed by atoms with van der Waals surface area (Å²) in [6, 6.07) is 12.9. The van der Waals surface area contributed by atoms with E-state index < -0.39 is 24.2 Å². The van der Waals surface area contributed by atoms with Gasteiger partial charge >= 0.3 is 12.6 Å². The number of amides is 2. The highest BCUT2D eigenvalue weighted by atomic mass is 19.3. The maximum atomic E-state index is 13.7. The van der Waals surface area contributed by atoms with Gasteiger partial charge in [-0.25, -0.2) is 9.18 Å². The lowest BCUT2D eigenvalue weighted by Crippen LogP contribution is -2.46. The fraction of sp³-hybridized carbons (Fsp3) is 0.316. The van der Waals surface area contributed by atoms with Crippen molar-refractivity contribution in [2.45, 2.75) is 25.5 Å². The molecule has 2 aromatic rings. The minimum absolute atomic E-state index is 0.0104. The molecule has 2 N–H and O–H groups in total. The van der Waals surface area contributed by atoms with E-state index in [0.29, 0.717) is 0 Å². The minimum atomic E-state index is -3.11.